The van der Waals surface area contributed by atoms with Gasteiger partial charge < -0.3 is 10.6 Å². The SMILES string of the molecule is O=C(NCCNC(=O)c1cc2c(s1)CCCC2)c1ccc(Cl)cc1. The van der Waals surface area contributed by atoms with E-state index < -0.39 is 0 Å². The number of hydrogen-bond acceptors (Lipinski definition) is 3. The maximum atomic E-state index is 12.2. The van der Waals surface area contributed by atoms with Crippen LogP contribution in [0.25, 0.3) is 0 Å². The Morgan fingerprint density at radius 1 is 1.00 bits per heavy atom. The molecule has 0 spiro atoms. The standard InChI is InChI=1S/C18H19ClN2O2S/c19-14-7-5-12(6-8-14)17(22)20-9-10-21-18(23)16-11-13-3-1-2-4-15(13)24-16/h5-8,11H,1-4,9-10H2,(H,20,22)(H,21,23). The molecule has 0 fully saturated rings. The lowest BCUT2D eigenvalue weighted by atomic mass is 9.99. The van der Waals surface area contributed by atoms with Crippen molar-refractivity contribution >= 4 is 34.8 Å². The summed E-state index contributed by atoms with van der Waals surface area (Å²) in [5.74, 6) is -0.234. The Labute approximate surface area is 150 Å². The zero-order chi connectivity index (χ0) is 16.9. The number of fused-ring (bicyclic) bond motifs is 1. The van der Waals surface area contributed by atoms with Crippen LogP contribution in [-0.4, -0.2) is 24.9 Å². The fraction of sp³-hybridized carbons (Fsp3) is 0.333. The zero-order valence-electron chi connectivity index (χ0n) is 13.2. The first-order chi connectivity index (χ1) is 11.6. The summed E-state index contributed by atoms with van der Waals surface area (Å²) in [6.07, 6.45) is 4.59. The van der Waals surface area contributed by atoms with Gasteiger partial charge in [0.05, 0.1) is 4.88 Å². The second-order valence-corrected chi connectivity index (χ2v) is 7.36. The van der Waals surface area contributed by atoms with Crippen molar-refractivity contribution in [1.29, 1.82) is 0 Å². The van der Waals surface area contributed by atoms with Crippen molar-refractivity contribution in [3.05, 3.63) is 56.2 Å². The van der Waals surface area contributed by atoms with E-state index in [0.717, 1.165) is 17.7 Å². The topological polar surface area (TPSA) is 58.2 Å². The predicted octanol–water partition coefficient (Wildman–Crippen LogP) is 3.44. The van der Waals surface area contributed by atoms with Crippen LogP contribution >= 0.6 is 22.9 Å². The molecule has 0 bridgehead atoms. The van der Waals surface area contributed by atoms with Crippen molar-refractivity contribution in [2.24, 2.45) is 0 Å². The number of thiophene rings is 1. The molecule has 3 rings (SSSR count). The molecule has 1 heterocycles. The normalized spacial score (nSPS) is 13.2. The van der Waals surface area contributed by atoms with E-state index in [1.54, 1.807) is 35.6 Å². The summed E-state index contributed by atoms with van der Waals surface area (Å²) in [6, 6.07) is 8.72. The summed E-state index contributed by atoms with van der Waals surface area (Å²) in [5.41, 5.74) is 1.88. The number of halogens is 1. The van der Waals surface area contributed by atoms with Crippen molar-refractivity contribution in [2.75, 3.05) is 13.1 Å². The van der Waals surface area contributed by atoms with Gasteiger partial charge in [-0.3, -0.25) is 9.59 Å². The molecule has 0 aliphatic heterocycles. The molecule has 24 heavy (non-hydrogen) atoms. The minimum atomic E-state index is -0.174. The molecule has 2 aromatic rings. The van der Waals surface area contributed by atoms with Gasteiger partial charge in [-0.15, -0.1) is 11.3 Å². The van der Waals surface area contributed by atoms with Crippen molar-refractivity contribution in [2.45, 2.75) is 25.7 Å². The Morgan fingerprint density at radius 3 is 2.38 bits per heavy atom. The fourth-order valence-corrected chi connectivity index (χ4v) is 4.04. The van der Waals surface area contributed by atoms with Crippen LogP contribution in [0.1, 0.15) is 43.3 Å². The third kappa shape index (κ3) is 4.16. The van der Waals surface area contributed by atoms with Gasteiger partial charge in [0.1, 0.15) is 0 Å². The monoisotopic (exact) mass is 362 g/mol. The molecule has 0 atom stereocenters. The van der Waals surface area contributed by atoms with E-state index >= 15 is 0 Å². The maximum Gasteiger partial charge on any atom is 0.261 e. The molecule has 1 aromatic heterocycles. The summed E-state index contributed by atoms with van der Waals surface area (Å²) < 4.78 is 0. The molecule has 1 aliphatic rings. The zero-order valence-corrected chi connectivity index (χ0v) is 14.8. The van der Waals surface area contributed by atoms with Crippen LogP contribution in [0.15, 0.2) is 30.3 Å². The van der Waals surface area contributed by atoms with Crippen molar-refractivity contribution in [3.8, 4) is 0 Å². The summed E-state index contributed by atoms with van der Waals surface area (Å²) in [5, 5.41) is 6.24. The predicted molar refractivity (Wildman–Crippen MR) is 97.1 cm³/mol. The Hall–Kier alpha value is -1.85. The van der Waals surface area contributed by atoms with E-state index in [4.69, 9.17) is 11.6 Å². The fourth-order valence-electron chi connectivity index (χ4n) is 2.75. The molecule has 4 nitrogen and oxygen atoms in total. The van der Waals surface area contributed by atoms with Crippen LogP contribution in [0.2, 0.25) is 5.02 Å². The summed E-state index contributed by atoms with van der Waals surface area (Å²) >= 11 is 7.39. The van der Waals surface area contributed by atoms with Gasteiger partial charge >= 0.3 is 0 Å². The lowest BCUT2D eigenvalue weighted by Crippen LogP contribution is -2.34. The summed E-state index contributed by atoms with van der Waals surface area (Å²) in [4.78, 5) is 26.2. The highest BCUT2D eigenvalue weighted by molar-refractivity contribution is 7.14. The van der Waals surface area contributed by atoms with Gasteiger partial charge in [-0.1, -0.05) is 11.6 Å². The largest absolute Gasteiger partial charge is 0.350 e. The molecule has 0 saturated heterocycles. The van der Waals surface area contributed by atoms with Crippen molar-refractivity contribution in [1.82, 2.24) is 10.6 Å². The Bertz CT molecular complexity index is 716. The molecule has 2 amide bonds. The molecular weight excluding hydrogens is 344 g/mol. The summed E-state index contributed by atoms with van der Waals surface area (Å²) in [6.45, 7) is 0.791. The third-order valence-corrected chi connectivity index (χ3v) is 5.51. The summed E-state index contributed by atoms with van der Waals surface area (Å²) in [7, 11) is 0. The second kappa shape index (κ2) is 7.81. The number of rotatable bonds is 5. The molecule has 6 heteroatoms. The first-order valence-electron chi connectivity index (χ1n) is 8.07. The number of benzene rings is 1. The van der Waals surface area contributed by atoms with Crippen LogP contribution in [0.5, 0.6) is 0 Å². The highest BCUT2D eigenvalue weighted by Crippen LogP contribution is 2.29. The van der Waals surface area contributed by atoms with Crippen LogP contribution in [0.3, 0.4) is 0 Å². The number of aryl methyl sites for hydroxylation is 2. The number of hydrogen-bond donors (Lipinski definition) is 2. The van der Waals surface area contributed by atoms with Gasteiger partial charge in [0.15, 0.2) is 0 Å². The quantitative estimate of drug-likeness (QED) is 0.800. The van der Waals surface area contributed by atoms with Crippen LogP contribution in [0, 0.1) is 0 Å². The van der Waals surface area contributed by atoms with E-state index in [9.17, 15) is 9.59 Å². The minimum absolute atomic E-state index is 0.0601. The Kier molecular flexibility index (Phi) is 5.53. The number of carbonyl (C=O) groups is 2. The molecule has 1 aromatic carbocycles. The number of nitrogens with one attached hydrogen (secondary N) is 2. The molecule has 126 valence electrons. The molecule has 0 radical (unpaired) electrons. The number of carbonyl (C=O) groups excluding carboxylic acids is 2. The van der Waals surface area contributed by atoms with Gasteiger partial charge in [0.2, 0.25) is 0 Å². The number of amides is 2. The molecule has 1 aliphatic carbocycles. The lowest BCUT2D eigenvalue weighted by molar-refractivity contribution is 0.0929. The lowest BCUT2D eigenvalue weighted by Gasteiger charge is -2.08. The van der Waals surface area contributed by atoms with Crippen LogP contribution in [-0.2, 0) is 12.8 Å². The van der Waals surface area contributed by atoms with Crippen molar-refractivity contribution in [3.63, 3.8) is 0 Å². The van der Waals surface area contributed by atoms with Crippen LogP contribution < -0.4 is 10.6 Å². The van der Waals surface area contributed by atoms with Crippen molar-refractivity contribution < 1.29 is 9.59 Å². The molecule has 0 saturated carbocycles. The van der Waals surface area contributed by atoms with Gasteiger partial charge in [-0.2, -0.15) is 0 Å². The van der Waals surface area contributed by atoms with E-state index in [1.807, 2.05) is 6.07 Å². The maximum absolute atomic E-state index is 12.2. The average Bonchev–Trinajstić information content (AvgIpc) is 3.03. The van der Waals surface area contributed by atoms with E-state index in [2.05, 4.69) is 10.6 Å². The molecule has 0 unspecified atom stereocenters. The molecular formula is C18H19ClN2O2S. The van der Waals surface area contributed by atoms with E-state index in [1.165, 1.54) is 23.3 Å². The highest BCUT2D eigenvalue weighted by atomic mass is 35.5. The first kappa shape index (κ1) is 17.0. The third-order valence-electron chi connectivity index (χ3n) is 4.02. The van der Waals surface area contributed by atoms with Gasteiger partial charge in [-0.25, -0.2) is 0 Å². The highest BCUT2D eigenvalue weighted by Gasteiger charge is 2.16. The first-order valence-corrected chi connectivity index (χ1v) is 9.26. The van der Waals surface area contributed by atoms with Gasteiger partial charge in [-0.05, 0) is 61.6 Å². The van der Waals surface area contributed by atoms with E-state index in [0.29, 0.717) is 23.7 Å². The second-order valence-electron chi connectivity index (χ2n) is 5.78. The average molecular weight is 363 g/mol. The van der Waals surface area contributed by atoms with Crippen LogP contribution in [0.4, 0.5) is 0 Å². The Morgan fingerprint density at radius 2 is 1.67 bits per heavy atom. The van der Waals surface area contributed by atoms with E-state index in [-0.39, 0.29) is 11.8 Å². The smallest absolute Gasteiger partial charge is 0.261 e. The van der Waals surface area contributed by atoms with Gasteiger partial charge in [0, 0.05) is 28.6 Å². The van der Waals surface area contributed by atoms with Gasteiger partial charge in [0.25, 0.3) is 11.8 Å². The molecule has 2 N–H and O–H groups in total. The Balaban J connectivity index is 1.44. The minimum Gasteiger partial charge on any atom is -0.350 e.